The van der Waals surface area contributed by atoms with Crippen molar-refractivity contribution in [3.8, 4) is 5.75 Å². The molecule has 0 fully saturated rings. The molecule has 11 heteroatoms. The van der Waals surface area contributed by atoms with Crippen molar-refractivity contribution in [1.82, 2.24) is 0 Å². The van der Waals surface area contributed by atoms with Crippen molar-refractivity contribution in [3.05, 3.63) is 99.1 Å². The van der Waals surface area contributed by atoms with Crippen LogP contribution in [0.1, 0.15) is 15.9 Å². The Bertz CT molecular complexity index is 1110. The number of rotatable bonds is 5. The number of nitro groups is 1. The average Bonchev–Trinajstić information content (AvgIpc) is 2.76. The Kier molecular flexibility index (Phi) is 8.31. The smallest absolute Gasteiger partial charge is 0.420 e. The molecule has 0 radical (unpaired) electrons. The third-order valence-corrected chi connectivity index (χ3v) is 4.15. The van der Waals surface area contributed by atoms with E-state index in [9.17, 15) is 32.9 Å². The number of nitrogens with zero attached hydrogens (tertiary/aromatic N) is 1. The quantitative estimate of drug-likeness (QED) is 0.293. The lowest BCUT2D eigenvalue weighted by Gasteiger charge is -2.15. The lowest BCUT2D eigenvalue weighted by Crippen LogP contribution is -2.17. The van der Waals surface area contributed by atoms with Crippen LogP contribution in [0.4, 0.5) is 24.5 Å². The summed E-state index contributed by atoms with van der Waals surface area (Å²) < 4.78 is 43.3. The third kappa shape index (κ3) is 6.54. The lowest BCUT2D eigenvalue weighted by atomic mass is 10.1. The second kappa shape index (κ2) is 10.9. The summed E-state index contributed by atoms with van der Waals surface area (Å²) in [5, 5.41) is 12.6. The van der Waals surface area contributed by atoms with Gasteiger partial charge in [-0.05, 0) is 24.3 Å². The Balaban J connectivity index is 0.000000336. The topological polar surface area (TPSA) is 98.5 Å². The van der Waals surface area contributed by atoms with Gasteiger partial charge in [0.05, 0.1) is 26.8 Å². The molecule has 1 N–H and O–H groups in total. The Morgan fingerprint density at radius 3 is 2.16 bits per heavy atom. The highest BCUT2D eigenvalue weighted by atomic mass is 35.5. The van der Waals surface area contributed by atoms with Crippen molar-refractivity contribution >= 4 is 35.4 Å². The Morgan fingerprint density at radius 1 is 1.00 bits per heavy atom. The number of nitro benzene ring substituents is 1. The monoisotopic (exact) mass is 466 g/mol. The van der Waals surface area contributed by atoms with Gasteiger partial charge in [-0.25, -0.2) is 0 Å². The van der Waals surface area contributed by atoms with Crippen molar-refractivity contribution in [1.29, 1.82) is 0 Å². The Hall–Kier alpha value is -3.92. The van der Waals surface area contributed by atoms with Crippen LogP contribution in [-0.2, 0) is 11.0 Å². The molecule has 3 aromatic rings. The van der Waals surface area contributed by atoms with E-state index >= 15 is 0 Å². The maximum Gasteiger partial charge on any atom is 0.420 e. The van der Waals surface area contributed by atoms with Crippen molar-refractivity contribution in [2.45, 2.75) is 6.18 Å². The zero-order valence-corrected chi connectivity index (χ0v) is 16.8. The number of alkyl halides is 3. The van der Waals surface area contributed by atoms with Crippen LogP contribution in [0.5, 0.6) is 5.75 Å². The summed E-state index contributed by atoms with van der Waals surface area (Å²) in [6.45, 7) is -0.170. The van der Waals surface area contributed by atoms with Crippen LogP contribution in [-0.4, -0.2) is 17.3 Å². The van der Waals surface area contributed by atoms with E-state index in [0.717, 1.165) is 12.1 Å². The number of ether oxygens (including phenoxy) is 1. The summed E-state index contributed by atoms with van der Waals surface area (Å²) in [4.78, 5) is 32.3. The van der Waals surface area contributed by atoms with E-state index < -0.39 is 33.9 Å². The van der Waals surface area contributed by atoms with E-state index in [-0.39, 0.29) is 22.9 Å². The fraction of sp³-hybridized carbons (Fsp3) is 0.0476. The molecule has 166 valence electrons. The van der Waals surface area contributed by atoms with Gasteiger partial charge >= 0.3 is 6.18 Å². The number of benzene rings is 3. The zero-order valence-electron chi connectivity index (χ0n) is 16.0. The van der Waals surface area contributed by atoms with Gasteiger partial charge in [0.15, 0.2) is 5.75 Å². The third-order valence-electron chi connectivity index (χ3n) is 3.82. The summed E-state index contributed by atoms with van der Waals surface area (Å²) in [6.07, 6.45) is -4.78. The van der Waals surface area contributed by atoms with Crippen LogP contribution in [0.25, 0.3) is 0 Å². The maximum atomic E-state index is 13.0. The summed E-state index contributed by atoms with van der Waals surface area (Å²) >= 11 is 5.88. The van der Waals surface area contributed by atoms with Crippen molar-refractivity contribution in [2.24, 2.45) is 0 Å². The number of nitrogens with one attached hydrogen (secondary N) is 1. The van der Waals surface area contributed by atoms with E-state index in [4.69, 9.17) is 11.6 Å². The zero-order chi connectivity index (χ0) is 23.7. The summed E-state index contributed by atoms with van der Waals surface area (Å²) in [5.41, 5.74) is -1.31. The number of amides is 1. The molecule has 0 unspecified atom stereocenters. The number of hydrogen-bond acceptors (Lipinski definition) is 5. The van der Waals surface area contributed by atoms with Gasteiger partial charge in [-0.3, -0.25) is 19.7 Å². The number of halogens is 4. The first-order valence-electron chi connectivity index (χ1n) is 8.71. The number of para-hydroxylation sites is 3. The van der Waals surface area contributed by atoms with Gasteiger partial charge in [0, 0.05) is 12.1 Å². The SMILES string of the molecule is O=COc1c(C(=O)Nc2ccccc2Cl)cccc1C(F)(F)F.O=[N+]([O-])c1ccccc1. The molecule has 0 aliphatic rings. The van der Waals surface area contributed by atoms with E-state index in [0.29, 0.717) is 6.07 Å². The minimum Gasteiger partial charge on any atom is -0.427 e. The van der Waals surface area contributed by atoms with Crippen LogP contribution in [0.2, 0.25) is 5.02 Å². The van der Waals surface area contributed by atoms with Crippen LogP contribution >= 0.6 is 11.6 Å². The molecule has 0 saturated heterocycles. The normalized spacial score (nSPS) is 10.4. The molecule has 0 saturated carbocycles. The highest BCUT2D eigenvalue weighted by molar-refractivity contribution is 6.33. The molecule has 1 amide bonds. The van der Waals surface area contributed by atoms with Crippen LogP contribution < -0.4 is 10.1 Å². The molecule has 0 atom stereocenters. The molecule has 3 rings (SSSR count). The summed E-state index contributed by atoms with van der Waals surface area (Å²) in [7, 11) is 0. The van der Waals surface area contributed by atoms with Gasteiger partial charge in [-0.1, -0.05) is 48.0 Å². The minimum atomic E-state index is -4.78. The molecule has 7 nitrogen and oxygen atoms in total. The van der Waals surface area contributed by atoms with Gasteiger partial charge in [0.2, 0.25) is 0 Å². The molecular weight excluding hydrogens is 453 g/mol. The molecular formula is C21H14ClF3N2O5. The number of carbonyl (C=O) groups excluding carboxylic acids is 2. The van der Waals surface area contributed by atoms with Crippen molar-refractivity contribution < 1.29 is 32.4 Å². The van der Waals surface area contributed by atoms with Gasteiger partial charge < -0.3 is 10.1 Å². The Labute approximate surface area is 184 Å². The van der Waals surface area contributed by atoms with Crippen molar-refractivity contribution in [2.75, 3.05) is 5.32 Å². The first-order chi connectivity index (χ1) is 15.1. The standard InChI is InChI=1S/C15H9ClF3NO3.C6H5NO2/c16-11-6-1-2-7-12(11)20-14(22)9-4-3-5-10(15(17,18)19)13(9)23-8-21;8-7(9)6-4-2-1-3-5-6/h1-8H,(H,20,22);1-5H. The van der Waals surface area contributed by atoms with Crippen LogP contribution in [0.15, 0.2) is 72.8 Å². The van der Waals surface area contributed by atoms with E-state index in [1.54, 1.807) is 30.3 Å². The number of hydrogen-bond donors (Lipinski definition) is 1. The summed E-state index contributed by atoms with van der Waals surface area (Å²) in [6, 6.07) is 17.0. The number of non-ortho nitro benzene ring substituents is 1. The molecule has 3 aromatic carbocycles. The predicted octanol–water partition coefficient (Wildman–Crippen LogP) is 5.74. The van der Waals surface area contributed by atoms with Gasteiger partial charge in [-0.15, -0.1) is 0 Å². The second-order valence-corrected chi connectivity index (χ2v) is 6.33. The highest BCUT2D eigenvalue weighted by Gasteiger charge is 2.36. The molecule has 32 heavy (non-hydrogen) atoms. The molecule has 0 aliphatic carbocycles. The van der Waals surface area contributed by atoms with Gasteiger partial charge in [0.1, 0.15) is 0 Å². The molecule has 0 bridgehead atoms. The molecule has 0 aliphatic heterocycles. The summed E-state index contributed by atoms with van der Waals surface area (Å²) in [5.74, 6) is -1.75. The van der Waals surface area contributed by atoms with Crippen LogP contribution in [0, 0.1) is 10.1 Å². The highest BCUT2D eigenvalue weighted by Crippen LogP contribution is 2.38. The van der Waals surface area contributed by atoms with Crippen molar-refractivity contribution in [3.63, 3.8) is 0 Å². The first-order valence-corrected chi connectivity index (χ1v) is 9.08. The largest absolute Gasteiger partial charge is 0.427 e. The van der Waals surface area contributed by atoms with E-state index in [1.165, 1.54) is 24.3 Å². The Morgan fingerprint density at radius 2 is 1.62 bits per heavy atom. The average molecular weight is 467 g/mol. The molecule has 0 spiro atoms. The molecule has 0 heterocycles. The maximum absolute atomic E-state index is 13.0. The lowest BCUT2D eigenvalue weighted by molar-refractivity contribution is -0.384. The number of anilines is 1. The molecule has 0 aromatic heterocycles. The van der Waals surface area contributed by atoms with Crippen LogP contribution in [0.3, 0.4) is 0 Å². The van der Waals surface area contributed by atoms with Gasteiger partial charge in [-0.2, -0.15) is 13.2 Å². The second-order valence-electron chi connectivity index (χ2n) is 5.92. The fourth-order valence-electron chi connectivity index (χ4n) is 2.42. The fourth-order valence-corrected chi connectivity index (χ4v) is 2.60. The first kappa shape index (κ1) is 24.4. The van der Waals surface area contributed by atoms with E-state index in [1.807, 2.05) is 0 Å². The van der Waals surface area contributed by atoms with Gasteiger partial charge in [0.25, 0.3) is 18.1 Å². The predicted molar refractivity (Wildman–Crippen MR) is 111 cm³/mol. The van der Waals surface area contributed by atoms with E-state index in [2.05, 4.69) is 10.1 Å². The minimum absolute atomic E-state index is 0.137. The number of carbonyl (C=O) groups is 2.